The van der Waals surface area contributed by atoms with Crippen LogP contribution in [0.25, 0.3) is 0 Å². The van der Waals surface area contributed by atoms with Crippen LogP contribution in [-0.2, 0) is 32.6 Å². The molecule has 0 heterocycles. The van der Waals surface area contributed by atoms with Crippen LogP contribution in [0, 0.1) is 6.92 Å². The normalized spacial score (nSPS) is 12.3. The molecule has 0 saturated carbocycles. The summed E-state index contributed by atoms with van der Waals surface area (Å²) >= 11 is 12.4. The number of carbonyl (C=O) groups excluding carboxylic acids is 2. The number of sulfonamides is 1. The number of hydrogen-bond donors (Lipinski definition) is 1. The SMILES string of the molecule is Cc1ccccc1N(CC(=O)N(Cc1cccc(Cl)c1)C(Cc1ccccc1)C(=O)NC(C)(C)C)S(=O)(=O)c1ccc(Cl)cc1. The molecule has 4 aromatic rings. The average Bonchev–Trinajstić information content (AvgIpc) is 2.98. The maximum absolute atomic E-state index is 14.5. The van der Waals surface area contributed by atoms with Crippen LogP contribution in [0.1, 0.15) is 37.5 Å². The van der Waals surface area contributed by atoms with E-state index in [4.69, 9.17) is 23.2 Å². The van der Waals surface area contributed by atoms with Crippen LogP contribution in [0.3, 0.4) is 0 Å². The molecule has 2 amide bonds. The summed E-state index contributed by atoms with van der Waals surface area (Å²) in [7, 11) is -4.23. The molecule has 10 heteroatoms. The van der Waals surface area contributed by atoms with Gasteiger partial charge < -0.3 is 10.2 Å². The molecule has 0 aliphatic carbocycles. The quantitative estimate of drug-likeness (QED) is 0.186. The van der Waals surface area contributed by atoms with E-state index < -0.39 is 34.1 Å². The van der Waals surface area contributed by atoms with Crippen molar-refractivity contribution in [2.24, 2.45) is 0 Å². The van der Waals surface area contributed by atoms with Crippen molar-refractivity contribution in [3.8, 4) is 0 Å². The summed E-state index contributed by atoms with van der Waals surface area (Å²) in [6.07, 6.45) is 0.212. The third kappa shape index (κ3) is 9.10. The number of benzene rings is 4. The zero-order valence-corrected chi connectivity index (χ0v) is 28.0. The lowest BCUT2D eigenvalue weighted by Gasteiger charge is -2.35. The van der Waals surface area contributed by atoms with Gasteiger partial charge in [-0.05, 0) is 86.8 Å². The Labute approximate surface area is 275 Å². The van der Waals surface area contributed by atoms with E-state index in [1.807, 2.05) is 57.2 Å². The van der Waals surface area contributed by atoms with Gasteiger partial charge in [-0.25, -0.2) is 8.42 Å². The number of para-hydroxylation sites is 1. The molecule has 236 valence electrons. The van der Waals surface area contributed by atoms with E-state index in [9.17, 15) is 18.0 Å². The monoisotopic (exact) mass is 665 g/mol. The summed E-state index contributed by atoms with van der Waals surface area (Å²) in [6, 6.07) is 28.2. The summed E-state index contributed by atoms with van der Waals surface area (Å²) < 4.78 is 29.4. The first-order chi connectivity index (χ1) is 21.2. The van der Waals surface area contributed by atoms with Crippen LogP contribution in [0.4, 0.5) is 5.69 Å². The van der Waals surface area contributed by atoms with Crippen molar-refractivity contribution in [3.05, 3.63) is 130 Å². The second kappa shape index (κ2) is 14.5. The molecule has 4 aromatic carbocycles. The van der Waals surface area contributed by atoms with E-state index >= 15 is 0 Å². The van der Waals surface area contributed by atoms with Crippen LogP contribution in [0.2, 0.25) is 10.0 Å². The van der Waals surface area contributed by atoms with E-state index in [-0.39, 0.29) is 23.8 Å². The minimum atomic E-state index is -4.23. The highest BCUT2D eigenvalue weighted by Crippen LogP contribution is 2.28. The fourth-order valence-corrected chi connectivity index (χ4v) is 6.75. The van der Waals surface area contributed by atoms with E-state index in [0.29, 0.717) is 26.9 Å². The van der Waals surface area contributed by atoms with Crippen LogP contribution in [0.5, 0.6) is 0 Å². The third-order valence-electron chi connectivity index (χ3n) is 7.08. The van der Waals surface area contributed by atoms with Gasteiger partial charge in [0.15, 0.2) is 0 Å². The molecule has 4 rings (SSSR count). The largest absolute Gasteiger partial charge is 0.350 e. The number of nitrogens with zero attached hydrogens (tertiary/aromatic N) is 2. The molecular weight excluding hydrogens is 629 g/mol. The standard InChI is InChI=1S/C35H37Cl2N3O4S/c1-25-11-8-9-16-31(25)40(45(43,44)30-19-17-28(36)18-20-30)24-33(41)39(23-27-14-10-15-29(37)21-27)32(34(42)38-35(2,3)4)22-26-12-6-5-7-13-26/h5-21,32H,22-24H2,1-4H3,(H,38,42). The van der Waals surface area contributed by atoms with E-state index in [0.717, 1.165) is 9.87 Å². The Balaban J connectivity index is 1.83. The Hall–Kier alpha value is -3.85. The summed E-state index contributed by atoms with van der Waals surface area (Å²) in [4.78, 5) is 29.9. The topological polar surface area (TPSA) is 86.8 Å². The lowest BCUT2D eigenvalue weighted by Crippen LogP contribution is -2.56. The Morgan fingerprint density at radius 2 is 1.42 bits per heavy atom. The molecule has 45 heavy (non-hydrogen) atoms. The highest BCUT2D eigenvalue weighted by Gasteiger charge is 2.36. The fraction of sp³-hybridized carbons (Fsp3) is 0.257. The number of hydrogen-bond acceptors (Lipinski definition) is 4. The van der Waals surface area contributed by atoms with Gasteiger partial charge in [-0.2, -0.15) is 0 Å². The molecule has 0 spiro atoms. The number of aryl methyl sites for hydroxylation is 1. The molecule has 1 N–H and O–H groups in total. The Bertz CT molecular complexity index is 1740. The number of halogens is 2. The molecule has 0 aromatic heterocycles. The number of rotatable bonds is 11. The summed E-state index contributed by atoms with van der Waals surface area (Å²) in [5, 5.41) is 3.88. The molecule has 0 aliphatic heterocycles. The molecule has 7 nitrogen and oxygen atoms in total. The smallest absolute Gasteiger partial charge is 0.264 e. The molecule has 0 radical (unpaired) electrons. The summed E-state index contributed by atoms with van der Waals surface area (Å²) in [5.74, 6) is -0.912. The molecule has 0 aliphatic rings. The molecule has 1 unspecified atom stereocenters. The van der Waals surface area contributed by atoms with Gasteiger partial charge in [-0.15, -0.1) is 0 Å². The van der Waals surface area contributed by atoms with Crippen LogP contribution in [0.15, 0.2) is 108 Å². The lowest BCUT2D eigenvalue weighted by atomic mass is 10.0. The van der Waals surface area contributed by atoms with Gasteiger partial charge in [-0.3, -0.25) is 13.9 Å². The van der Waals surface area contributed by atoms with E-state index in [2.05, 4.69) is 5.32 Å². The minimum absolute atomic E-state index is 0.0179. The minimum Gasteiger partial charge on any atom is -0.350 e. The van der Waals surface area contributed by atoms with Gasteiger partial charge in [0, 0.05) is 28.5 Å². The first kappa shape index (κ1) is 34.0. The summed E-state index contributed by atoms with van der Waals surface area (Å²) in [6.45, 7) is 6.86. The second-order valence-electron chi connectivity index (χ2n) is 11.8. The maximum atomic E-state index is 14.5. The van der Waals surface area contributed by atoms with Crippen molar-refractivity contribution in [2.75, 3.05) is 10.8 Å². The summed E-state index contributed by atoms with van der Waals surface area (Å²) in [5.41, 5.74) is 1.97. The van der Waals surface area contributed by atoms with Crippen LogP contribution in [-0.4, -0.2) is 43.3 Å². The third-order valence-corrected chi connectivity index (χ3v) is 9.34. The predicted molar refractivity (Wildman–Crippen MR) is 181 cm³/mol. The molecule has 1 atom stereocenters. The molecular formula is C35H37Cl2N3O4S. The van der Waals surface area contributed by atoms with Crippen molar-refractivity contribution in [2.45, 2.75) is 57.1 Å². The van der Waals surface area contributed by atoms with Gasteiger partial charge in [0.1, 0.15) is 12.6 Å². The fourth-order valence-electron chi connectivity index (χ4n) is 4.93. The highest BCUT2D eigenvalue weighted by atomic mass is 35.5. The van der Waals surface area contributed by atoms with Crippen molar-refractivity contribution in [1.82, 2.24) is 10.2 Å². The van der Waals surface area contributed by atoms with Gasteiger partial charge in [0.2, 0.25) is 11.8 Å². The lowest BCUT2D eigenvalue weighted by molar-refractivity contribution is -0.140. The second-order valence-corrected chi connectivity index (χ2v) is 14.6. The highest BCUT2D eigenvalue weighted by molar-refractivity contribution is 7.92. The van der Waals surface area contributed by atoms with Crippen LogP contribution < -0.4 is 9.62 Å². The zero-order valence-electron chi connectivity index (χ0n) is 25.7. The van der Waals surface area contributed by atoms with E-state index in [1.165, 1.54) is 29.2 Å². The molecule has 0 bridgehead atoms. The number of amides is 2. The number of anilines is 1. The first-order valence-electron chi connectivity index (χ1n) is 14.5. The van der Waals surface area contributed by atoms with Gasteiger partial charge in [0.05, 0.1) is 10.6 Å². The van der Waals surface area contributed by atoms with Crippen molar-refractivity contribution in [1.29, 1.82) is 0 Å². The predicted octanol–water partition coefficient (Wildman–Crippen LogP) is 7.05. The Morgan fingerprint density at radius 1 is 0.800 bits per heavy atom. The average molecular weight is 667 g/mol. The molecule has 0 fully saturated rings. The van der Waals surface area contributed by atoms with Gasteiger partial charge >= 0.3 is 0 Å². The van der Waals surface area contributed by atoms with Crippen molar-refractivity contribution in [3.63, 3.8) is 0 Å². The van der Waals surface area contributed by atoms with Gasteiger partial charge in [0.25, 0.3) is 10.0 Å². The zero-order chi connectivity index (χ0) is 32.8. The Morgan fingerprint density at radius 3 is 2.04 bits per heavy atom. The van der Waals surface area contributed by atoms with Crippen LogP contribution >= 0.6 is 23.2 Å². The van der Waals surface area contributed by atoms with E-state index in [1.54, 1.807) is 49.4 Å². The number of nitrogens with one attached hydrogen (secondary N) is 1. The Kier molecular flexibility index (Phi) is 11.0. The van der Waals surface area contributed by atoms with Crippen molar-refractivity contribution < 1.29 is 18.0 Å². The van der Waals surface area contributed by atoms with Gasteiger partial charge in [-0.1, -0.05) is 83.9 Å². The maximum Gasteiger partial charge on any atom is 0.264 e. The first-order valence-corrected chi connectivity index (χ1v) is 16.7. The van der Waals surface area contributed by atoms with Crippen molar-refractivity contribution >= 4 is 50.7 Å². The number of carbonyl (C=O) groups is 2. The molecule has 0 saturated heterocycles.